The topological polar surface area (TPSA) is 30.5 Å². The van der Waals surface area contributed by atoms with Crippen LogP contribution >= 0.6 is 0 Å². The minimum atomic E-state index is 0.254. The van der Waals surface area contributed by atoms with Gasteiger partial charge in [-0.1, -0.05) is 23.8 Å². The molecule has 3 nitrogen and oxygen atoms in total. The highest BCUT2D eigenvalue weighted by atomic mass is 16.5. The lowest BCUT2D eigenvalue weighted by Crippen LogP contribution is -2.53. The monoisotopic (exact) mass is 221 g/mol. The van der Waals surface area contributed by atoms with Crippen LogP contribution in [-0.2, 0) is 9.47 Å². The highest BCUT2D eigenvalue weighted by Crippen LogP contribution is 2.37. The molecular weight excluding hydrogens is 202 g/mol. The van der Waals surface area contributed by atoms with Crippen molar-refractivity contribution >= 4 is 0 Å². The van der Waals surface area contributed by atoms with E-state index in [0.29, 0.717) is 18.1 Å². The standard InChI is InChI=1S/C13H19NO2/c1-15-12-4-2-3-9-7-13-11(8-10(9)12)14-5-6-16-13/h2-4,10-14H,5-8H2,1H3/t10?,11-,12?,13-/m1/s1. The molecule has 0 amide bonds. The fourth-order valence-electron chi connectivity index (χ4n) is 3.15. The number of hydrogen-bond donors (Lipinski definition) is 1. The second kappa shape index (κ2) is 4.32. The molecule has 0 aromatic carbocycles. The molecule has 0 spiro atoms. The van der Waals surface area contributed by atoms with Crippen molar-refractivity contribution in [3.8, 4) is 0 Å². The molecule has 1 saturated carbocycles. The molecule has 3 aliphatic rings. The summed E-state index contributed by atoms with van der Waals surface area (Å²) in [5, 5.41) is 3.57. The molecule has 1 aliphatic heterocycles. The molecule has 1 heterocycles. The van der Waals surface area contributed by atoms with Gasteiger partial charge in [0.05, 0.1) is 18.8 Å². The predicted molar refractivity (Wildman–Crippen MR) is 62.3 cm³/mol. The first-order valence-electron chi connectivity index (χ1n) is 6.13. The van der Waals surface area contributed by atoms with Crippen LogP contribution in [0.5, 0.6) is 0 Å². The van der Waals surface area contributed by atoms with Gasteiger partial charge in [0.25, 0.3) is 0 Å². The van der Waals surface area contributed by atoms with Crippen LogP contribution in [0.1, 0.15) is 12.8 Å². The van der Waals surface area contributed by atoms with Crippen molar-refractivity contribution in [2.45, 2.75) is 31.1 Å². The molecule has 2 fully saturated rings. The fourth-order valence-corrected chi connectivity index (χ4v) is 3.15. The number of methoxy groups -OCH3 is 1. The molecule has 1 saturated heterocycles. The van der Waals surface area contributed by atoms with Crippen molar-refractivity contribution in [3.63, 3.8) is 0 Å². The SMILES string of the molecule is COC1C=CC=C2C[C@H]3OCCN[C@@H]3CC21. The molecule has 2 unspecified atom stereocenters. The van der Waals surface area contributed by atoms with Gasteiger partial charge in [-0.05, 0) is 12.8 Å². The molecule has 0 aromatic heterocycles. The molecule has 4 atom stereocenters. The molecular formula is C13H19NO2. The largest absolute Gasteiger partial charge is 0.377 e. The zero-order chi connectivity index (χ0) is 11.0. The predicted octanol–water partition coefficient (Wildman–Crippen LogP) is 1.26. The average molecular weight is 221 g/mol. The normalized spacial score (nSPS) is 42.2. The summed E-state index contributed by atoms with van der Waals surface area (Å²) in [6, 6.07) is 0.514. The third-order valence-electron chi connectivity index (χ3n) is 3.99. The average Bonchev–Trinajstić information content (AvgIpc) is 2.35. The highest BCUT2D eigenvalue weighted by Gasteiger charge is 2.39. The van der Waals surface area contributed by atoms with E-state index < -0.39 is 0 Å². The lowest BCUT2D eigenvalue weighted by Gasteiger charge is -2.43. The minimum Gasteiger partial charge on any atom is -0.377 e. The first kappa shape index (κ1) is 10.5. The molecule has 1 N–H and O–H groups in total. The van der Waals surface area contributed by atoms with Gasteiger partial charge in [0.2, 0.25) is 0 Å². The Labute approximate surface area is 96.5 Å². The maximum Gasteiger partial charge on any atom is 0.0821 e. The summed E-state index contributed by atoms with van der Waals surface area (Å²) < 4.78 is 11.4. The third kappa shape index (κ3) is 1.73. The van der Waals surface area contributed by atoms with Gasteiger partial charge < -0.3 is 14.8 Å². The van der Waals surface area contributed by atoms with E-state index in [0.717, 1.165) is 26.0 Å². The Bertz CT molecular complexity index is 324. The van der Waals surface area contributed by atoms with Gasteiger partial charge in [0, 0.05) is 25.6 Å². The number of rotatable bonds is 1. The lowest BCUT2D eigenvalue weighted by molar-refractivity contribution is -0.0322. The Morgan fingerprint density at radius 1 is 1.50 bits per heavy atom. The number of fused-ring (bicyclic) bond motifs is 2. The third-order valence-corrected chi connectivity index (χ3v) is 3.99. The molecule has 88 valence electrons. The highest BCUT2D eigenvalue weighted by molar-refractivity contribution is 5.28. The summed E-state index contributed by atoms with van der Waals surface area (Å²) in [4.78, 5) is 0. The van der Waals surface area contributed by atoms with Gasteiger partial charge in [-0.2, -0.15) is 0 Å². The van der Waals surface area contributed by atoms with Gasteiger partial charge >= 0.3 is 0 Å². The molecule has 0 bridgehead atoms. The van der Waals surface area contributed by atoms with E-state index in [1.54, 1.807) is 7.11 Å². The summed E-state index contributed by atoms with van der Waals surface area (Å²) in [5.74, 6) is 0.547. The van der Waals surface area contributed by atoms with Crippen LogP contribution in [-0.4, -0.2) is 38.5 Å². The first-order chi connectivity index (χ1) is 7.88. The van der Waals surface area contributed by atoms with Crippen molar-refractivity contribution in [1.29, 1.82) is 0 Å². The van der Waals surface area contributed by atoms with Gasteiger partial charge in [0.1, 0.15) is 0 Å². The second-order valence-corrected chi connectivity index (χ2v) is 4.84. The fraction of sp³-hybridized carbons (Fsp3) is 0.692. The van der Waals surface area contributed by atoms with E-state index in [-0.39, 0.29) is 6.10 Å². The summed E-state index contributed by atoms with van der Waals surface area (Å²) in [7, 11) is 1.80. The number of hydrogen-bond acceptors (Lipinski definition) is 3. The summed E-state index contributed by atoms with van der Waals surface area (Å²) in [6.07, 6.45) is 9.36. The van der Waals surface area contributed by atoms with E-state index in [1.807, 2.05) is 0 Å². The lowest BCUT2D eigenvalue weighted by atomic mass is 9.74. The Hall–Kier alpha value is -0.640. The van der Waals surface area contributed by atoms with E-state index in [2.05, 4.69) is 23.5 Å². The van der Waals surface area contributed by atoms with Gasteiger partial charge in [-0.15, -0.1) is 0 Å². The van der Waals surface area contributed by atoms with Crippen molar-refractivity contribution in [2.75, 3.05) is 20.3 Å². The summed E-state index contributed by atoms with van der Waals surface area (Å²) in [5.41, 5.74) is 1.50. The number of ether oxygens (including phenoxy) is 2. The summed E-state index contributed by atoms with van der Waals surface area (Å²) >= 11 is 0. The van der Waals surface area contributed by atoms with Crippen LogP contribution in [0, 0.1) is 5.92 Å². The number of nitrogens with one attached hydrogen (secondary N) is 1. The van der Waals surface area contributed by atoms with Crippen LogP contribution < -0.4 is 5.32 Å². The smallest absolute Gasteiger partial charge is 0.0821 e. The van der Waals surface area contributed by atoms with E-state index in [9.17, 15) is 0 Å². The van der Waals surface area contributed by atoms with Crippen LogP contribution in [0.2, 0.25) is 0 Å². The van der Waals surface area contributed by atoms with Crippen molar-refractivity contribution in [2.24, 2.45) is 5.92 Å². The quantitative estimate of drug-likeness (QED) is 0.723. The van der Waals surface area contributed by atoms with Gasteiger partial charge in [-0.25, -0.2) is 0 Å². The Morgan fingerprint density at radius 3 is 3.31 bits per heavy atom. The molecule has 16 heavy (non-hydrogen) atoms. The molecule has 0 aromatic rings. The van der Waals surface area contributed by atoms with Crippen molar-refractivity contribution < 1.29 is 9.47 Å². The van der Waals surface area contributed by atoms with E-state index in [1.165, 1.54) is 5.57 Å². The first-order valence-corrected chi connectivity index (χ1v) is 6.13. The molecule has 0 radical (unpaired) electrons. The maximum atomic E-state index is 5.83. The molecule has 3 rings (SSSR count). The minimum absolute atomic E-state index is 0.254. The van der Waals surface area contributed by atoms with Gasteiger partial charge in [0.15, 0.2) is 0 Å². The van der Waals surface area contributed by atoms with Crippen LogP contribution in [0.15, 0.2) is 23.8 Å². The Morgan fingerprint density at radius 2 is 2.44 bits per heavy atom. The molecule has 2 aliphatic carbocycles. The number of morpholine rings is 1. The Kier molecular flexibility index (Phi) is 2.84. The van der Waals surface area contributed by atoms with Crippen LogP contribution in [0.25, 0.3) is 0 Å². The van der Waals surface area contributed by atoms with Crippen LogP contribution in [0.4, 0.5) is 0 Å². The zero-order valence-corrected chi connectivity index (χ0v) is 9.69. The van der Waals surface area contributed by atoms with E-state index in [4.69, 9.17) is 9.47 Å². The zero-order valence-electron chi connectivity index (χ0n) is 9.69. The van der Waals surface area contributed by atoms with Crippen molar-refractivity contribution in [3.05, 3.63) is 23.8 Å². The molecule has 3 heteroatoms. The van der Waals surface area contributed by atoms with Crippen molar-refractivity contribution in [1.82, 2.24) is 5.32 Å². The Balaban J connectivity index is 1.79. The summed E-state index contributed by atoms with van der Waals surface area (Å²) in [6.45, 7) is 1.84. The van der Waals surface area contributed by atoms with Crippen LogP contribution in [0.3, 0.4) is 0 Å². The second-order valence-electron chi connectivity index (χ2n) is 4.84. The van der Waals surface area contributed by atoms with E-state index >= 15 is 0 Å². The maximum absolute atomic E-state index is 5.83. The number of allylic oxidation sites excluding steroid dienone is 2. The van der Waals surface area contributed by atoms with Gasteiger partial charge in [-0.3, -0.25) is 0 Å².